The van der Waals surface area contributed by atoms with Crippen LogP contribution in [0.5, 0.6) is 5.75 Å². The average Bonchev–Trinajstić information content (AvgIpc) is 2.94. The normalized spacial score (nSPS) is 12.3. The zero-order valence-corrected chi connectivity index (χ0v) is 14.0. The SMILES string of the molecule is CCC(N)Cc1cc(Br)ccc1OCCc1cccs1. The maximum absolute atomic E-state index is 6.06. The molecule has 0 spiro atoms. The fourth-order valence-corrected chi connectivity index (χ4v) is 3.09. The smallest absolute Gasteiger partial charge is 0.122 e. The summed E-state index contributed by atoms with van der Waals surface area (Å²) in [6, 6.07) is 10.5. The van der Waals surface area contributed by atoms with E-state index in [9.17, 15) is 0 Å². The molecule has 2 rings (SSSR count). The number of rotatable bonds is 7. The number of hydrogen-bond donors (Lipinski definition) is 1. The first-order valence-electron chi connectivity index (χ1n) is 6.88. The summed E-state index contributed by atoms with van der Waals surface area (Å²) < 4.78 is 7.01. The Kier molecular flexibility index (Phi) is 6.07. The van der Waals surface area contributed by atoms with Gasteiger partial charge in [0.25, 0.3) is 0 Å². The Morgan fingerprint density at radius 1 is 1.35 bits per heavy atom. The van der Waals surface area contributed by atoms with Crippen LogP contribution in [0.3, 0.4) is 0 Å². The van der Waals surface area contributed by atoms with E-state index in [1.54, 1.807) is 11.3 Å². The standard InChI is InChI=1S/C16H20BrNOS/c1-2-14(18)11-12-10-13(17)5-6-16(12)19-8-7-15-4-3-9-20-15/h3-6,9-10,14H,2,7-8,11,18H2,1H3. The second-order valence-electron chi connectivity index (χ2n) is 4.80. The summed E-state index contributed by atoms with van der Waals surface area (Å²) in [5.41, 5.74) is 7.24. The Bertz CT molecular complexity index is 527. The highest BCUT2D eigenvalue weighted by atomic mass is 79.9. The van der Waals surface area contributed by atoms with Crippen LogP contribution in [0.2, 0.25) is 0 Å². The molecule has 0 aliphatic rings. The van der Waals surface area contributed by atoms with Crippen molar-refractivity contribution in [3.05, 3.63) is 50.6 Å². The fourth-order valence-electron chi connectivity index (χ4n) is 1.99. The number of ether oxygens (including phenoxy) is 1. The molecule has 108 valence electrons. The molecule has 2 aromatic rings. The highest BCUT2D eigenvalue weighted by Crippen LogP contribution is 2.25. The van der Waals surface area contributed by atoms with Gasteiger partial charge in [0, 0.05) is 21.8 Å². The molecule has 0 saturated carbocycles. The molecule has 0 aliphatic carbocycles. The number of nitrogens with two attached hydrogens (primary N) is 1. The third kappa shape index (κ3) is 4.62. The van der Waals surface area contributed by atoms with Crippen LogP contribution in [-0.2, 0) is 12.8 Å². The van der Waals surface area contributed by atoms with E-state index in [2.05, 4.69) is 46.4 Å². The fraction of sp³-hybridized carbons (Fsp3) is 0.375. The summed E-state index contributed by atoms with van der Waals surface area (Å²) in [5.74, 6) is 0.952. The van der Waals surface area contributed by atoms with Gasteiger partial charge in [0.1, 0.15) is 5.75 Å². The Hall–Kier alpha value is -0.840. The van der Waals surface area contributed by atoms with Gasteiger partial charge in [-0.2, -0.15) is 0 Å². The van der Waals surface area contributed by atoms with Crippen molar-refractivity contribution in [2.24, 2.45) is 5.73 Å². The number of thiophene rings is 1. The minimum Gasteiger partial charge on any atom is -0.493 e. The second kappa shape index (κ2) is 7.81. The van der Waals surface area contributed by atoms with Crippen molar-refractivity contribution in [1.82, 2.24) is 0 Å². The summed E-state index contributed by atoms with van der Waals surface area (Å²) in [5, 5.41) is 2.10. The maximum atomic E-state index is 6.06. The van der Waals surface area contributed by atoms with E-state index in [4.69, 9.17) is 10.5 Å². The van der Waals surface area contributed by atoms with Crippen LogP contribution in [0.4, 0.5) is 0 Å². The predicted molar refractivity (Wildman–Crippen MR) is 89.6 cm³/mol. The molecule has 1 unspecified atom stereocenters. The molecular weight excluding hydrogens is 334 g/mol. The number of halogens is 1. The van der Waals surface area contributed by atoms with Crippen molar-refractivity contribution >= 4 is 27.3 Å². The van der Waals surface area contributed by atoms with Crippen LogP contribution in [0.15, 0.2) is 40.2 Å². The topological polar surface area (TPSA) is 35.2 Å². The molecule has 4 heteroatoms. The van der Waals surface area contributed by atoms with Crippen molar-refractivity contribution in [1.29, 1.82) is 0 Å². The van der Waals surface area contributed by atoms with Gasteiger partial charge in [0.2, 0.25) is 0 Å². The van der Waals surface area contributed by atoms with Gasteiger partial charge in [-0.25, -0.2) is 0 Å². The van der Waals surface area contributed by atoms with Crippen LogP contribution in [0.1, 0.15) is 23.8 Å². The highest BCUT2D eigenvalue weighted by Gasteiger charge is 2.09. The van der Waals surface area contributed by atoms with E-state index in [1.165, 1.54) is 10.4 Å². The van der Waals surface area contributed by atoms with Gasteiger partial charge >= 0.3 is 0 Å². The molecule has 1 aromatic carbocycles. The van der Waals surface area contributed by atoms with Crippen molar-refractivity contribution in [2.75, 3.05) is 6.61 Å². The van der Waals surface area contributed by atoms with Crippen LogP contribution in [-0.4, -0.2) is 12.6 Å². The van der Waals surface area contributed by atoms with E-state index in [0.29, 0.717) is 6.61 Å². The molecule has 0 amide bonds. The summed E-state index contributed by atoms with van der Waals surface area (Å²) >= 11 is 5.28. The van der Waals surface area contributed by atoms with Gasteiger partial charge in [-0.15, -0.1) is 11.3 Å². The van der Waals surface area contributed by atoms with Crippen LogP contribution >= 0.6 is 27.3 Å². The predicted octanol–water partition coefficient (Wildman–Crippen LogP) is 4.41. The Morgan fingerprint density at radius 3 is 2.90 bits per heavy atom. The summed E-state index contributed by atoms with van der Waals surface area (Å²) in [7, 11) is 0. The summed E-state index contributed by atoms with van der Waals surface area (Å²) in [4.78, 5) is 1.36. The second-order valence-corrected chi connectivity index (χ2v) is 6.75. The summed E-state index contributed by atoms with van der Waals surface area (Å²) in [6.45, 7) is 2.82. The third-order valence-electron chi connectivity index (χ3n) is 3.22. The Morgan fingerprint density at radius 2 is 2.20 bits per heavy atom. The van der Waals surface area contributed by atoms with Gasteiger partial charge in [0.15, 0.2) is 0 Å². The molecule has 2 nitrogen and oxygen atoms in total. The lowest BCUT2D eigenvalue weighted by molar-refractivity contribution is 0.318. The van der Waals surface area contributed by atoms with E-state index in [1.807, 2.05) is 12.1 Å². The lowest BCUT2D eigenvalue weighted by Gasteiger charge is -2.14. The van der Waals surface area contributed by atoms with Crippen molar-refractivity contribution in [3.63, 3.8) is 0 Å². The zero-order chi connectivity index (χ0) is 14.4. The minimum absolute atomic E-state index is 0.184. The lowest BCUT2D eigenvalue weighted by atomic mass is 10.0. The average molecular weight is 354 g/mol. The molecule has 0 radical (unpaired) electrons. The summed E-state index contributed by atoms with van der Waals surface area (Å²) in [6.07, 6.45) is 2.78. The molecular formula is C16H20BrNOS. The molecule has 2 N–H and O–H groups in total. The Balaban J connectivity index is 1.98. The molecule has 1 aromatic heterocycles. The quantitative estimate of drug-likeness (QED) is 0.799. The van der Waals surface area contributed by atoms with E-state index >= 15 is 0 Å². The molecule has 0 fully saturated rings. The van der Waals surface area contributed by atoms with Crippen LogP contribution < -0.4 is 10.5 Å². The van der Waals surface area contributed by atoms with Gasteiger partial charge in [-0.3, -0.25) is 0 Å². The van der Waals surface area contributed by atoms with Gasteiger partial charge in [0.05, 0.1) is 6.61 Å². The molecule has 0 aliphatic heterocycles. The Labute approximate surface area is 133 Å². The van der Waals surface area contributed by atoms with Crippen molar-refractivity contribution < 1.29 is 4.74 Å². The first-order valence-corrected chi connectivity index (χ1v) is 8.55. The van der Waals surface area contributed by atoms with E-state index < -0.39 is 0 Å². The van der Waals surface area contributed by atoms with E-state index in [-0.39, 0.29) is 6.04 Å². The zero-order valence-electron chi connectivity index (χ0n) is 11.6. The first kappa shape index (κ1) is 15.5. The lowest BCUT2D eigenvalue weighted by Crippen LogP contribution is -2.21. The molecule has 1 atom stereocenters. The van der Waals surface area contributed by atoms with Gasteiger partial charge in [-0.05, 0) is 48.1 Å². The van der Waals surface area contributed by atoms with E-state index in [0.717, 1.165) is 29.5 Å². The van der Waals surface area contributed by atoms with Crippen LogP contribution in [0, 0.1) is 0 Å². The van der Waals surface area contributed by atoms with Crippen molar-refractivity contribution in [3.8, 4) is 5.75 Å². The maximum Gasteiger partial charge on any atom is 0.122 e. The molecule has 20 heavy (non-hydrogen) atoms. The number of hydrogen-bond acceptors (Lipinski definition) is 3. The molecule has 1 heterocycles. The minimum atomic E-state index is 0.184. The molecule has 0 bridgehead atoms. The highest BCUT2D eigenvalue weighted by molar-refractivity contribution is 9.10. The monoisotopic (exact) mass is 353 g/mol. The largest absolute Gasteiger partial charge is 0.493 e. The molecule has 0 saturated heterocycles. The van der Waals surface area contributed by atoms with Gasteiger partial charge < -0.3 is 10.5 Å². The van der Waals surface area contributed by atoms with Crippen LogP contribution in [0.25, 0.3) is 0 Å². The van der Waals surface area contributed by atoms with Gasteiger partial charge in [-0.1, -0.05) is 28.9 Å². The first-order chi connectivity index (χ1) is 9.69. The van der Waals surface area contributed by atoms with Crippen molar-refractivity contribution in [2.45, 2.75) is 32.2 Å². The third-order valence-corrected chi connectivity index (χ3v) is 4.64. The number of benzene rings is 1.